The molecule has 3 amide bonds. The average Bonchev–Trinajstić information content (AvgIpc) is 2.83. The van der Waals surface area contributed by atoms with Crippen LogP contribution in [0.15, 0.2) is 24.3 Å². The minimum atomic E-state index is -0.363. The van der Waals surface area contributed by atoms with Crippen molar-refractivity contribution in [3.05, 3.63) is 34.9 Å². The maximum atomic E-state index is 12.3. The minimum Gasteiger partial charge on any atom is -0.336 e. The first-order valence-corrected chi connectivity index (χ1v) is 6.90. The molecule has 0 bridgehead atoms. The van der Waals surface area contributed by atoms with Gasteiger partial charge in [0.25, 0.3) is 0 Å². The summed E-state index contributed by atoms with van der Waals surface area (Å²) in [4.78, 5) is 26.9. The highest BCUT2D eigenvalue weighted by Crippen LogP contribution is 2.14. The minimum absolute atomic E-state index is 0.176. The number of carbonyl (C=O) groups is 2. The molecule has 108 valence electrons. The number of benzene rings is 1. The predicted octanol–water partition coefficient (Wildman–Crippen LogP) is 1.71. The molecule has 1 aliphatic rings. The molecule has 0 aromatic heterocycles. The monoisotopic (exact) mass is 295 g/mol. The lowest BCUT2D eigenvalue weighted by Gasteiger charge is -2.26. The van der Waals surface area contributed by atoms with Gasteiger partial charge in [0.05, 0.1) is 6.04 Å². The number of halogens is 1. The summed E-state index contributed by atoms with van der Waals surface area (Å²) in [5.41, 5.74) is 1.03. The van der Waals surface area contributed by atoms with Gasteiger partial charge in [-0.05, 0) is 31.7 Å². The summed E-state index contributed by atoms with van der Waals surface area (Å²) in [5, 5.41) is 3.31. The molecule has 5 nitrogen and oxygen atoms in total. The first kappa shape index (κ1) is 14.8. The number of hydrogen-bond donors (Lipinski definition) is 1. The van der Waals surface area contributed by atoms with E-state index in [-0.39, 0.29) is 18.0 Å². The lowest BCUT2D eigenvalue weighted by atomic mass is 10.2. The van der Waals surface area contributed by atoms with Gasteiger partial charge in [0.1, 0.15) is 0 Å². The Morgan fingerprint density at radius 2 is 2.30 bits per heavy atom. The first-order valence-electron chi connectivity index (χ1n) is 6.53. The molecule has 1 atom stereocenters. The quantitative estimate of drug-likeness (QED) is 0.920. The van der Waals surface area contributed by atoms with Gasteiger partial charge in [-0.15, -0.1) is 0 Å². The Morgan fingerprint density at radius 3 is 2.90 bits per heavy atom. The van der Waals surface area contributed by atoms with E-state index in [1.807, 2.05) is 36.2 Å². The van der Waals surface area contributed by atoms with E-state index in [0.29, 0.717) is 24.7 Å². The van der Waals surface area contributed by atoms with Gasteiger partial charge in [0.15, 0.2) is 0 Å². The molecule has 20 heavy (non-hydrogen) atoms. The molecule has 0 unspecified atom stereocenters. The topological polar surface area (TPSA) is 52.7 Å². The van der Waals surface area contributed by atoms with E-state index in [2.05, 4.69) is 5.32 Å². The number of hydrogen-bond acceptors (Lipinski definition) is 3. The van der Waals surface area contributed by atoms with Crippen molar-refractivity contribution in [3.63, 3.8) is 0 Å². The fourth-order valence-corrected chi connectivity index (χ4v) is 2.37. The normalized spacial score (nSPS) is 16.4. The first-order chi connectivity index (χ1) is 9.49. The smallest absolute Gasteiger partial charge is 0.324 e. The summed E-state index contributed by atoms with van der Waals surface area (Å²) < 4.78 is 0. The number of likely N-dealkylation sites (N-methyl/N-ethyl adjacent to an activating group) is 1. The van der Waals surface area contributed by atoms with E-state index < -0.39 is 0 Å². The van der Waals surface area contributed by atoms with Crippen LogP contribution in [0.25, 0.3) is 0 Å². The second kappa shape index (κ2) is 6.24. The molecule has 2 rings (SSSR count). The van der Waals surface area contributed by atoms with E-state index in [9.17, 15) is 9.59 Å². The largest absolute Gasteiger partial charge is 0.336 e. The molecule has 1 saturated heterocycles. The average molecular weight is 296 g/mol. The van der Waals surface area contributed by atoms with Crippen LogP contribution in [0.2, 0.25) is 5.02 Å². The van der Waals surface area contributed by atoms with Gasteiger partial charge in [0.2, 0.25) is 5.91 Å². The number of nitrogens with zero attached hydrogens (tertiary/aromatic N) is 2. The maximum absolute atomic E-state index is 12.3. The van der Waals surface area contributed by atoms with Gasteiger partial charge in [-0.3, -0.25) is 14.6 Å². The van der Waals surface area contributed by atoms with Crippen molar-refractivity contribution in [2.75, 3.05) is 20.1 Å². The maximum Gasteiger partial charge on any atom is 0.324 e. The van der Waals surface area contributed by atoms with Gasteiger partial charge in [-0.1, -0.05) is 23.7 Å². The standard InChI is InChI=1S/C14H18ClN3O2/c1-10(13(19)18-7-6-16-14(18)20)17(2)9-11-4-3-5-12(15)8-11/h3-5,8,10H,6-7,9H2,1-2H3,(H,16,20)/t10-/m0/s1. The van der Waals surface area contributed by atoms with Crippen LogP contribution in [0.1, 0.15) is 12.5 Å². The van der Waals surface area contributed by atoms with Crippen LogP contribution in [0.4, 0.5) is 4.79 Å². The zero-order valence-corrected chi connectivity index (χ0v) is 12.4. The highest BCUT2D eigenvalue weighted by Gasteiger charge is 2.31. The van der Waals surface area contributed by atoms with Crippen molar-refractivity contribution in [1.82, 2.24) is 15.1 Å². The van der Waals surface area contributed by atoms with Crippen LogP contribution in [-0.2, 0) is 11.3 Å². The van der Waals surface area contributed by atoms with Crippen LogP contribution < -0.4 is 5.32 Å². The summed E-state index contributed by atoms with van der Waals surface area (Å²) >= 11 is 5.95. The summed E-state index contributed by atoms with van der Waals surface area (Å²) in [7, 11) is 1.86. The zero-order chi connectivity index (χ0) is 14.7. The second-order valence-electron chi connectivity index (χ2n) is 4.94. The lowest BCUT2D eigenvalue weighted by Crippen LogP contribution is -2.46. The van der Waals surface area contributed by atoms with Crippen molar-refractivity contribution in [1.29, 1.82) is 0 Å². The molecule has 0 saturated carbocycles. The van der Waals surface area contributed by atoms with Crippen LogP contribution in [0.5, 0.6) is 0 Å². The van der Waals surface area contributed by atoms with E-state index in [4.69, 9.17) is 11.6 Å². The molecule has 1 N–H and O–H groups in total. The summed E-state index contributed by atoms with van der Waals surface area (Å²) in [6.45, 7) is 3.36. The third-order valence-electron chi connectivity index (χ3n) is 3.46. The SMILES string of the molecule is C[C@@H](C(=O)N1CCNC1=O)N(C)Cc1cccc(Cl)c1. The Balaban J connectivity index is 1.99. The molecule has 1 heterocycles. The predicted molar refractivity (Wildman–Crippen MR) is 77.5 cm³/mol. The van der Waals surface area contributed by atoms with Crippen LogP contribution in [0.3, 0.4) is 0 Å². The van der Waals surface area contributed by atoms with Gasteiger partial charge >= 0.3 is 6.03 Å². The number of rotatable bonds is 4. The molecule has 1 aromatic rings. The molecule has 0 radical (unpaired) electrons. The van der Waals surface area contributed by atoms with Crippen LogP contribution in [0, 0.1) is 0 Å². The lowest BCUT2D eigenvalue weighted by molar-refractivity contribution is -0.132. The van der Waals surface area contributed by atoms with E-state index in [0.717, 1.165) is 5.56 Å². The van der Waals surface area contributed by atoms with Crippen molar-refractivity contribution < 1.29 is 9.59 Å². The summed E-state index contributed by atoms with van der Waals surface area (Å²) in [6.07, 6.45) is 0. The molecular weight excluding hydrogens is 278 g/mol. The third kappa shape index (κ3) is 3.29. The molecule has 0 spiro atoms. The van der Waals surface area contributed by atoms with Crippen LogP contribution in [-0.4, -0.2) is 47.9 Å². The highest BCUT2D eigenvalue weighted by atomic mass is 35.5. The van der Waals surface area contributed by atoms with Crippen LogP contribution >= 0.6 is 11.6 Å². The highest BCUT2D eigenvalue weighted by molar-refractivity contribution is 6.30. The summed E-state index contributed by atoms with van der Waals surface area (Å²) in [5.74, 6) is -0.176. The zero-order valence-electron chi connectivity index (χ0n) is 11.6. The number of nitrogens with one attached hydrogen (secondary N) is 1. The van der Waals surface area contributed by atoms with Gasteiger partial charge in [-0.25, -0.2) is 4.79 Å². The number of carbonyl (C=O) groups excluding carboxylic acids is 2. The molecule has 1 aromatic carbocycles. The van der Waals surface area contributed by atoms with E-state index in [1.165, 1.54) is 4.90 Å². The van der Waals surface area contributed by atoms with Crippen molar-refractivity contribution >= 4 is 23.5 Å². The van der Waals surface area contributed by atoms with Crippen molar-refractivity contribution in [2.24, 2.45) is 0 Å². The van der Waals surface area contributed by atoms with Gasteiger partial charge < -0.3 is 5.32 Å². The van der Waals surface area contributed by atoms with E-state index >= 15 is 0 Å². The molecular formula is C14H18ClN3O2. The fraction of sp³-hybridized carbons (Fsp3) is 0.429. The Bertz CT molecular complexity index is 521. The molecule has 1 fully saturated rings. The van der Waals surface area contributed by atoms with Crippen molar-refractivity contribution in [2.45, 2.75) is 19.5 Å². The Hall–Kier alpha value is -1.59. The van der Waals surface area contributed by atoms with Gasteiger partial charge in [-0.2, -0.15) is 0 Å². The molecule has 0 aliphatic carbocycles. The Labute approximate surface area is 123 Å². The van der Waals surface area contributed by atoms with Gasteiger partial charge in [0, 0.05) is 24.7 Å². The Kier molecular flexibility index (Phi) is 4.62. The third-order valence-corrected chi connectivity index (χ3v) is 3.70. The van der Waals surface area contributed by atoms with E-state index in [1.54, 1.807) is 6.92 Å². The number of amides is 3. The summed E-state index contributed by atoms with van der Waals surface area (Å²) in [6, 6.07) is 6.86. The molecule has 1 aliphatic heterocycles. The second-order valence-corrected chi connectivity index (χ2v) is 5.38. The van der Waals surface area contributed by atoms with Crippen molar-refractivity contribution in [3.8, 4) is 0 Å². The fourth-order valence-electron chi connectivity index (χ4n) is 2.16. The molecule has 6 heteroatoms. The number of urea groups is 1. The Morgan fingerprint density at radius 1 is 1.55 bits per heavy atom. The number of imide groups is 1.